The Balaban J connectivity index is 2.15. The van der Waals surface area contributed by atoms with Crippen molar-refractivity contribution in [1.29, 1.82) is 0 Å². The minimum Gasteiger partial charge on any atom is -0.357 e. The van der Waals surface area contributed by atoms with Crippen LogP contribution in [0, 0.1) is 5.92 Å². The van der Waals surface area contributed by atoms with E-state index in [0.29, 0.717) is 0 Å². The van der Waals surface area contributed by atoms with Gasteiger partial charge in [-0.05, 0) is 27.2 Å². The summed E-state index contributed by atoms with van der Waals surface area (Å²) in [6.07, 6.45) is 0.994. The van der Waals surface area contributed by atoms with E-state index in [2.05, 4.69) is 0 Å². The molecule has 2 fully saturated rings. The van der Waals surface area contributed by atoms with Crippen LogP contribution in [0.15, 0.2) is 0 Å². The molecule has 2 saturated heterocycles. The van der Waals surface area contributed by atoms with Crippen molar-refractivity contribution in [1.82, 2.24) is 4.90 Å². The maximum absolute atomic E-state index is 11.5. The summed E-state index contributed by atoms with van der Waals surface area (Å²) < 4.78 is 5.47. The zero-order valence-electron chi connectivity index (χ0n) is 7.83. The van der Waals surface area contributed by atoms with Gasteiger partial charge in [-0.2, -0.15) is 0 Å². The fraction of sp³-hybridized carbons (Fsp3) is 0.889. The second-order valence-electron chi connectivity index (χ2n) is 4.54. The van der Waals surface area contributed by atoms with Crippen molar-refractivity contribution in [2.75, 3.05) is 6.61 Å². The number of hydrogen-bond donors (Lipinski definition) is 0. The number of nitrogens with zero attached hydrogens (tertiary/aromatic N) is 1. The number of ether oxygens (including phenoxy) is 1. The lowest BCUT2D eigenvalue weighted by Crippen LogP contribution is -2.65. The van der Waals surface area contributed by atoms with Gasteiger partial charge in [0.2, 0.25) is 5.91 Å². The summed E-state index contributed by atoms with van der Waals surface area (Å²) >= 11 is 0. The second-order valence-corrected chi connectivity index (χ2v) is 4.54. The van der Waals surface area contributed by atoms with Crippen molar-refractivity contribution in [2.24, 2.45) is 5.92 Å². The SMILES string of the molecule is CC(C)(C)N1C(=O)[C@@H]2CCO[C@@H]21. The molecule has 0 N–H and O–H groups in total. The van der Waals surface area contributed by atoms with Crippen LogP contribution >= 0.6 is 0 Å². The molecule has 0 radical (unpaired) electrons. The third-order valence-electron chi connectivity index (χ3n) is 2.59. The Labute approximate surface area is 72.7 Å². The van der Waals surface area contributed by atoms with Crippen molar-refractivity contribution in [3.63, 3.8) is 0 Å². The molecule has 68 valence electrons. The number of β-lactam (4-membered cyclic amide) rings is 1. The van der Waals surface area contributed by atoms with Crippen LogP contribution < -0.4 is 0 Å². The minimum atomic E-state index is -0.0808. The number of carbonyl (C=O) groups excluding carboxylic acids is 1. The first-order chi connectivity index (χ1) is 5.52. The van der Waals surface area contributed by atoms with Crippen molar-refractivity contribution < 1.29 is 9.53 Å². The lowest BCUT2D eigenvalue weighted by atomic mass is 9.89. The predicted octanol–water partition coefficient (Wildman–Crippen LogP) is 0.990. The molecule has 0 spiro atoms. The molecule has 2 aliphatic heterocycles. The number of amides is 1. The van der Waals surface area contributed by atoms with Crippen LogP contribution in [0.2, 0.25) is 0 Å². The van der Waals surface area contributed by atoms with E-state index in [1.165, 1.54) is 0 Å². The summed E-state index contributed by atoms with van der Waals surface area (Å²) in [4.78, 5) is 13.4. The number of rotatable bonds is 0. The topological polar surface area (TPSA) is 29.5 Å². The van der Waals surface area contributed by atoms with Gasteiger partial charge in [0.05, 0.1) is 12.5 Å². The van der Waals surface area contributed by atoms with Gasteiger partial charge in [0.15, 0.2) is 0 Å². The number of fused-ring (bicyclic) bond motifs is 1. The van der Waals surface area contributed by atoms with Crippen LogP contribution in [0.4, 0.5) is 0 Å². The molecule has 0 aliphatic carbocycles. The van der Waals surface area contributed by atoms with Gasteiger partial charge in [-0.15, -0.1) is 0 Å². The van der Waals surface area contributed by atoms with Crippen LogP contribution in [0.25, 0.3) is 0 Å². The monoisotopic (exact) mass is 169 g/mol. The molecular weight excluding hydrogens is 154 g/mol. The molecule has 0 saturated carbocycles. The maximum Gasteiger partial charge on any atom is 0.232 e. The standard InChI is InChI=1S/C9H15NO2/c1-9(2,3)10-7(11)6-4-5-12-8(6)10/h6,8H,4-5H2,1-3H3/t6-,8-/m0/s1. The highest BCUT2D eigenvalue weighted by atomic mass is 16.5. The van der Waals surface area contributed by atoms with Crippen molar-refractivity contribution in [3.8, 4) is 0 Å². The highest BCUT2D eigenvalue weighted by Crippen LogP contribution is 2.40. The van der Waals surface area contributed by atoms with Gasteiger partial charge in [0.25, 0.3) is 0 Å². The lowest BCUT2D eigenvalue weighted by molar-refractivity contribution is -0.189. The summed E-state index contributed by atoms with van der Waals surface area (Å²) in [5.74, 6) is 0.439. The van der Waals surface area contributed by atoms with Crippen LogP contribution in [0.1, 0.15) is 27.2 Å². The largest absolute Gasteiger partial charge is 0.357 e. The zero-order chi connectivity index (χ0) is 8.93. The van der Waals surface area contributed by atoms with Crippen LogP contribution in [-0.2, 0) is 9.53 Å². The van der Waals surface area contributed by atoms with Crippen molar-refractivity contribution in [3.05, 3.63) is 0 Å². The van der Waals surface area contributed by atoms with E-state index in [-0.39, 0.29) is 23.6 Å². The number of hydrogen-bond acceptors (Lipinski definition) is 2. The fourth-order valence-electron chi connectivity index (χ4n) is 2.01. The van der Waals surface area contributed by atoms with Crippen molar-refractivity contribution in [2.45, 2.75) is 39.0 Å². The van der Waals surface area contributed by atoms with E-state index < -0.39 is 0 Å². The maximum atomic E-state index is 11.5. The van der Waals surface area contributed by atoms with Gasteiger partial charge >= 0.3 is 0 Å². The predicted molar refractivity (Wildman–Crippen MR) is 44.4 cm³/mol. The molecule has 0 unspecified atom stereocenters. The molecule has 2 heterocycles. The molecule has 0 aromatic rings. The molecule has 3 nitrogen and oxygen atoms in total. The number of carbonyl (C=O) groups is 1. The summed E-state index contributed by atoms with van der Waals surface area (Å²) in [7, 11) is 0. The van der Waals surface area contributed by atoms with Crippen molar-refractivity contribution >= 4 is 5.91 Å². The summed E-state index contributed by atoms with van der Waals surface area (Å²) in [6, 6.07) is 0. The molecule has 3 heteroatoms. The summed E-state index contributed by atoms with van der Waals surface area (Å²) in [5, 5.41) is 0. The van der Waals surface area contributed by atoms with Crippen LogP contribution in [0.3, 0.4) is 0 Å². The highest BCUT2D eigenvalue weighted by molar-refractivity contribution is 5.86. The van der Waals surface area contributed by atoms with Crippen LogP contribution in [-0.4, -0.2) is 29.2 Å². The Morgan fingerprint density at radius 3 is 2.75 bits per heavy atom. The third-order valence-corrected chi connectivity index (χ3v) is 2.59. The smallest absolute Gasteiger partial charge is 0.232 e. The van der Waals surface area contributed by atoms with E-state index >= 15 is 0 Å². The first-order valence-electron chi connectivity index (χ1n) is 4.46. The quantitative estimate of drug-likeness (QED) is 0.506. The van der Waals surface area contributed by atoms with E-state index in [0.717, 1.165) is 13.0 Å². The van der Waals surface area contributed by atoms with Gasteiger partial charge < -0.3 is 9.64 Å². The van der Waals surface area contributed by atoms with Crippen LogP contribution in [0.5, 0.6) is 0 Å². The second kappa shape index (κ2) is 2.22. The van der Waals surface area contributed by atoms with Gasteiger partial charge in [0, 0.05) is 5.54 Å². The average molecular weight is 169 g/mol. The van der Waals surface area contributed by atoms with E-state index in [1.807, 2.05) is 25.7 Å². The fourth-order valence-corrected chi connectivity index (χ4v) is 2.01. The Morgan fingerprint density at radius 2 is 2.17 bits per heavy atom. The Morgan fingerprint density at radius 1 is 1.50 bits per heavy atom. The molecule has 0 aromatic heterocycles. The number of likely N-dealkylation sites (tertiary alicyclic amines) is 1. The molecular formula is C9H15NO2. The Bertz CT molecular complexity index is 219. The minimum absolute atomic E-state index is 0.0808. The van der Waals surface area contributed by atoms with Gasteiger partial charge in [-0.25, -0.2) is 0 Å². The molecule has 0 bridgehead atoms. The Kier molecular flexibility index (Phi) is 1.49. The molecule has 2 aliphatic rings. The first kappa shape index (κ1) is 8.05. The summed E-state index contributed by atoms with van der Waals surface area (Å²) in [5.41, 5.74) is -0.0808. The third kappa shape index (κ3) is 0.891. The lowest BCUT2D eigenvalue weighted by Gasteiger charge is -2.50. The summed E-state index contributed by atoms with van der Waals surface area (Å²) in [6.45, 7) is 6.88. The molecule has 1 amide bonds. The first-order valence-corrected chi connectivity index (χ1v) is 4.46. The molecule has 12 heavy (non-hydrogen) atoms. The zero-order valence-corrected chi connectivity index (χ0v) is 7.83. The molecule has 2 rings (SSSR count). The Hall–Kier alpha value is -0.570. The molecule has 2 atom stereocenters. The molecule has 0 aromatic carbocycles. The normalized spacial score (nSPS) is 34.9. The van der Waals surface area contributed by atoms with E-state index in [4.69, 9.17) is 4.74 Å². The van der Waals surface area contributed by atoms with E-state index in [9.17, 15) is 4.79 Å². The average Bonchev–Trinajstić information content (AvgIpc) is 2.27. The van der Waals surface area contributed by atoms with Gasteiger partial charge in [-0.3, -0.25) is 4.79 Å². The van der Waals surface area contributed by atoms with E-state index in [1.54, 1.807) is 0 Å². The van der Waals surface area contributed by atoms with Gasteiger partial charge in [0.1, 0.15) is 6.23 Å². The highest BCUT2D eigenvalue weighted by Gasteiger charge is 2.54. The van der Waals surface area contributed by atoms with Gasteiger partial charge in [-0.1, -0.05) is 0 Å².